The molecule has 3 aromatic carbocycles. The quantitative estimate of drug-likeness (QED) is 0.419. The molecule has 31 heavy (non-hydrogen) atoms. The second kappa shape index (κ2) is 8.96. The van der Waals surface area contributed by atoms with E-state index in [-0.39, 0.29) is 23.0 Å². The van der Waals surface area contributed by atoms with Crippen molar-refractivity contribution in [1.29, 1.82) is 0 Å². The van der Waals surface area contributed by atoms with Gasteiger partial charge in [-0.25, -0.2) is 8.42 Å². The second-order valence-corrected chi connectivity index (χ2v) is 9.67. The fourth-order valence-corrected chi connectivity index (χ4v) is 4.70. The van der Waals surface area contributed by atoms with Crippen molar-refractivity contribution < 1.29 is 17.6 Å². The van der Waals surface area contributed by atoms with E-state index in [1.54, 1.807) is 0 Å². The monoisotopic (exact) mass is 453 g/mol. The highest BCUT2D eigenvalue weighted by Crippen LogP contribution is 2.28. The van der Waals surface area contributed by atoms with E-state index in [0.29, 0.717) is 10.8 Å². The highest BCUT2D eigenvalue weighted by atomic mass is 35.5. The molecule has 4 rings (SSSR count). The third-order valence-electron chi connectivity index (χ3n) is 4.94. The molecule has 1 unspecified atom stereocenters. The average molecular weight is 454 g/mol. The molecular weight excluding hydrogens is 434 g/mol. The van der Waals surface area contributed by atoms with Crippen LogP contribution in [0.1, 0.15) is 23.8 Å². The lowest BCUT2D eigenvalue weighted by atomic mass is 10.0. The standard InChI is InChI=1S/C24H20ClNO4S/c25-19-10-12-20(13-11-19)31(28,29)15-14-23(27)26-24(17-6-2-1-3-7-17)22-16-18-8-4-5-9-21(18)30-22/h1-13,16,24H,14-15H2,(H,26,27). The molecular formula is C24H20ClNO4S. The summed E-state index contributed by atoms with van der Waals surface area (Å²) in [5.74, 6) is -0.101. The molecule has 1 amide bonds. The molecule has 1 atom stereocenters. The van der Waals surface area contributed by atoms with E-state index < -0.39 is 15.9 Å². The number of rotatable bonds is 7. The summed E-state index contributed by atoms with van der Waals surface area (Å²) >= 11 is 5.82. The zero-order chi connectivity index (χ0) is 21.8. The highest BCUT2D eigenvalue weighted by molar-refractivity contribution is 7.91. The molecule has 7 heteroatoms. The van der Waals surface area contributed by atoms with Gasteiger partial charge in [-0.1, -0.05) is 60.1 Å². The maximum atomic E-state index is 12.7. The fourth-order valence-electron chi connectivity index (χ4n) is 3.33. The normalized spacial score (nSPS) is 12.5. The predicted molar refractivity (Wildman–Crippen MR) is 121 cm³/mol. The Balaban J connectivity index is 1.53. The van der Waals surface area contributed by atoms with Crippen LogP contribution in [0.3, 0.4) is 0 Å². The lowest BCUT2D eigenvalue weighted by Crippen LogP contribution is -2.30. The van der Waals surface area contributed by atoms with Crippen molar-refractivity contribution >= 4 is 38.3 Å². The van der Waals surface area contributed by atoms with E-state index >= 15 is 0 Å². The number of benzene rings is 3. The zero-order valence-corrected chi connectivity index (χ0v) is 18.1. The van der Waals surface area contributed by atoms with Gasteiger partial charge in [0.2, 0.25) is 5.91 Å². The van der Waals surface area contributed by atoms with Crippen LogP contribution in [0.4, 0.5) is 0 Å². The van der Waals surface area contributed by atoms with Gasteiger partial charge in [0.1, 0.15) is 17.4 Å². The molecule has 1 aromatic heterocycles. The Morgan fingerprint density at radius 1 is 0.935 bits per heavy atom. The molecule has 0 aliphatic rings. The first kappa shape index (κ1) is 21.2. The van der Waals surface area contributed by atoms with Crippen LogP contribution in [0.25, 0.3) is 11.0 Å². The summed E-state index contributed by atoms with van der Waals surface area (Å²) in [6, 6.07) is 24.3. The number of para-hydroxylation sites is 1. The van der Waals surface area contributed by atoms with Gasteiger partial charge in [-0.3, -0.25) is 4.79 Å². The Hall–Kier alpha value is -3.09. The van der Waals surface area contributed by atoms with Crippen molar-refractivity contribution in [1.82, 2.24) is 5.32 Å². The molecule has 158 valence electrons. The van der Waals surface area contributed by atoms with Gasteiger partial charge in [0.05, 0.1) is 10.6 Å². The minimum absolute atomic E-state index is 0.140. The topological polar surface area (TPSA) is 76.4 Å². The summed E-state index contributed by atoms with van der Waals surface area (Å²) in [6.07, 6.45) is -0.172. The number of nitrogens with one attached hydrogen (secondary N) is 1. The Kier molecular flexibility index (Phi) is 6.11. The molecule has 0 saturated heterocycles. The number of amides is 1. The van der Waals surface area contributed by atoms with Crippen molar-refractivity contribution in [2.45, 2.75) is 17.4 Å². The molecule has 0 saturated carbocycles. The van der Waals surface area contributed by atoms with Gasteiger partial charge in [-0.15, -0.1) is 0 Å². The maximum Gasteiger partial charge on any atom is 0.221 e. The third kappa shape index (κ3) is 4.98. The number of furan rings is 1. The molecule has 0 aliphatic heterocycles. The van der Waals surface area contributed by atoms with Crippen LogP contribution in [-0.2, 0) is 14.6 Å². The smallest absolute Gasteiger partial charge is 0.221 e. The average Bonchev–Trinajstić information content (AvgIpc) is 3.21. The molecule has 0 radical (unpaired) electrons. The minimum atomic E-state index is -3.60. The van der Waals surface area contributed by atoms with Crippen molar-refractivity contribution in [2.75, 3.05) is 5.75 Å². The predicted octanol–water partition coefficient (Wildman–Crippen LogP) is 5.16. The first-order valence-electron chi connectivity index (χ1n) is 9.73. The van der Waals surface area contributed by atoms with Crippen molar-refractivity contribution in [3.05, 3.63) is 101 Å². The molecule has 0 aliphatic carbocycles. The first-order valence-corrected chi connectivity index (χ1v) is 11.8. The van der Waals surface area contributed by atoms with Crippen LogP contribution >= 0.6 is 11.6 Å². The zero-order valence-electron chi connectivity index (χ0n) is 16.5. The lowest BCUT2D eigenvalue weighted by molar-refractivity contribution is -0.121. The van der Waals surface area contributed by atoms with E-state index in [1.165, 1.54) is 24.3 Å². The largest absolute Gasteiger partial charge is 0.459 e. The summed E-state index contributed by atoms with van der Waals surface area (Å²) in [7, 11) is -3.60. The second-order valence-electron chi connectivity index (χ2n) is 7.12. The molecule has 0 fully saturated rings. The number of carbonyl (C=O) groups is 1. The molecule has 5 nitrogen and oxygen atoms in total. The van der Waals surface area contributed by atoms with E-state index in [1.807, 2.05) is 60.7 Å². The van der Waals surface area contributed by atoms with Gasteiger partial charge < -0.3 is 9.73 Å². The molecule has 4 aromatic rings. The van der Waals surface area contributed by atoms with Crippen molar-refractivity contribution in [3.8, 4) is 0 Å². The van der Waals surface area contributed by atoms with Crippen LogP contribution < -0.4 is 5.32 Å². The van der Waals surface area contributed by atoms with Crippen LogP contribution in [-0.4, -0.2) is 20.1 Å². The third-order valence-corrected chi connectivity index (χ3v) is 6.92. The number of halogens is 1. The summed E-state index contributed by atoms with van der Waals surface area (Å²) < 4.78 is 31.1. The number of hydrogen-bond donors (Lipinski definition) is 1. The SMILES string of the molecule is O=C(CCS(=O)(=O)c1ccc(Cl)cc1)NC(c1ccccc1)c1cc2ccccc2o1. The summed E-state index contributed by atoms with van der Waals surface area (Å²) in [5, 5.41) is 4.31. The van der Waals surface area contributed by atoms with Crippen LogP contribution in [0.15, 0.2) is 94.2 Å². The van der Waals surface area contributed by atoms with Gasteiger partial charge in [-0.05, 0) is 42.0 Å². The van der Waals surface area contributed by atoms with E-state index in [2.05, 4.69) is 5.32 Å². The number of fused-ring (bicyclic) bond motifs is 1. The number of carbonyl (C=O) groups excluding carboxylic acids is 1. The summed E-state index contributed by atoms with van der Waals surface area (Å²) in [5.41, 5.74) is 1.56. The van der Waals surface area contributed by atoms with Gasteiger partial charge >= 0.3 is 0 Å². The molecule has 1 N–H and O–H groups in total. The Bertz CT molecular complexity index is 1270. The Morgan fingerprint density at radius 3 is 2.32 bits per heavy atom. The van der Waals surface area contributed by atoms with Crippen molar-refractivity contribution in [2.24, 2.45) is 0 Å². The molecule has 1 heterocycles. The Morgan fingerprint density at radius 2 is 1.61 bits per heavy atom. The van der Waals surface area contributed by atoms with E-state index in [9.17, 15) is 13.2 Å². The fraction of sp³-hybridized carbons (Fsp3) is 0.125. The summed E-state index contributed by atoms with van der Waals surface area (Å²) in [6.45, 7) is 0. The highest BCUT2D eigenvalue weighted by Gasteiger charge is 2.23. The molecule has 0 spiro atoms. The van der Waals surface area contributed by atoms with E-state index in [0.717, 1.165) is 16.5 Å². The van der Waals surface area contributed by atoms with Crippen LogP contribution in [0, 0.1) is 0 Å². The van der Waals surface area contributed by atoms with E-state index in [4.69, 9.17) is 16.0 Å². The Labute approximate surface area is 185 Å². The van der Waals surface area contributed by atoms with Gasteiger partial charge in [-0.2, -0.15) is 0 Å². The number of sulfone groups is 1. The van der Waals surface area contributed by atoms with Gasteiger partial charge in [0.15, 0.2) is 9.84 Å². The number of hydrogen-bond acceptors (Lipinski definition) is 4. The maximum absolute atomic E-state index is 12.7. The van der Waals surface area contributed by atoms with Crippen LogP contribution in [0.2, 0.25) is 5.02 Å². The first-order chi connectivity index (χ1) is 14.9. The van der Waals surface area contributed by atoms with Crippen molar-refractivity contribution in [3.63, 3.8) is 0 Å². The minimum Gasteiger partial charge on any atom is -0.459 e. The van der Waals surface area contributed by atoms with Crippen LogP contribution in [0.5, 0.6) is 0 Å². The van der Waals surface area contributed by atoms with Gasteiger partial charge in [0, 0.05) is 16.8 Å². The lowest BCUT2D eigenvalue weighted by Gasteiger charge is -2.17. The van der Waals surface area contributed by atoms with Gasteiger partial charge in [0.25, 0.3) is 0 Å². The summed E-state index contributed by atoms with van der Waals surface area (Å²) in [4.78, 5) is 12.8. The molecule has 0 bridgehead atoms.